The van der Waals surface area contributed by atoms with Crippen molar-refractivity contribution in [3.63, 3.8) is 0 Å². The standard InChI is InChI=1S/C26H33NO6/c1-3-14-32-27-19-12-8-6-4-5-7-11-18(2)33-26(30)25-20(16-19)24(21(28)17-22(25)29)23-13-9-10-15-31-23/h3,5,7-8,12,17-18,23,28-29H,1,4,6,9-11,13-16H2,2H3. The van der Waals surface area contributed by atoms with E-state index in [1.165, 1.54) is 6.07 Å². The topological polar surface area (TPSA) is 97.6 Å². The van der Waals surface area contributed by atoms with Gasteiger partial charge in [0.15, 0.2) is 0 Å². The van der Waals surface area contributed by atoms with Gasteiger partial charge in [0, 0.05) is 31.1 Å². The minimum Gasteiger partial charge on any atom is -0.507 e. The Balaban J connectivity index is 2.14. The number of hydrogen-bond acceptors (Lipinski definition) is 7. The lowest BCUT2D eigenvalue weighted by Gasteiger charge is -2.27. The van der Waals surface area contributed by atoms with Crippen LogP contribution in [-0.2, 0) is 20.7 Å². The first-order chi connectivity index (χ1) is 16.0. The second-order valence-corrected chi connectivity index (χ2v) is 8.28. The number of fused-ring (bicyclic) bond motifs is 1. The number of carbonyl (C=O) groups is 1. The number of phenols is 2. The zero-order valence-corrected chi connectivity index (χ0v) is 19.2. The number of allylic oxidation sites excluding steroid dienone is 3. The monoisotopic (exact) mass is 455 g/mol. The molecule has 0 aliphatic carbocycles. The lowest BCUT2D eigenvalue weighted by atomic mass is 9.88. The number of ether oxygens (including phenoxy) is 2. The maximum absolute atomic E-state index is 13.2. The van der Waals surface area contributed by atoms with Gasteiger partial charge in [-0.25, -0.2) is 4.79 Å². The van der Waals surface area contributed by atoms with Crippen LogP contribution in [0.1, 0.15) is 73.0 Å². The lowest BCUT2D eigenvalue weighted by Crippen LogP contribution is -2.21. The zero-order valence-electron chi connectivity index (χ0n) is 19.2. The van der Waals surface area contributed by atoms with Crippen LogP contribution in [0, 0.1) is 0 Å². The van der Waals surface area contributed by atoms with E-state index in [-0.39, 0.29) is 42.3 Å². The van der Waals surface area contributed by atoms with Crippen LogP contribution in [0.25, 0.3) is 0 Å². The van der Waals surface area contributed by atoms with Gasteiger partial charge >= 0.3 is 5.97 Å². The maximum atomic E-state index is 13.2. The summed E-state index contributed by atoms with van der Waals surface area (Å²) in [6.45, 7) is 6.24. The Bertz CT molecular complexity index is 927. The Morgan fingerprint density at radius 2 is 2.03 bits per heavy atom. The van der Waals surface area contributed by atoms with Gasteiger partial charge in [0.25, 0.3) is 0 Å². The molecule has 0 saturated carbocycles. The van der Waals surface area contributed by atoms with E-state index in [4.69, 9.17) is 14.3 Å². The van der Waals surface area contributed by atoms with Gasteiger partial charge < -0.3 is 24.5 Å². The number of aromatic hydroxyl groups is 2. The second-order valence-electron chi connectivity index (χ2n) is 8.28. The molecule has 2 atom stereocenters. The summed E-state index contributed by atoms with van der Waals surface area (Å²) in [6.07, 6.45) is 13.7. The van der Waals surface area contributed by atoms with Gasteiger partial charge in [0.05, 0.1) is 11.8 Å². The number of phenolic OH excluding ortho intramolecular Hbond substituents is 2. The van der Waals surface area contributed by atoms with Crippen LogP contribution in [0.3, 0.4) is 0 Å². The fourth-order valence-corrected chi connectivity index (χ4v) is 4.05. The van der Waals surface area contributed by atoms with Crippen molar-refractivity contribution in [2.75, 3.05) is 13.2 Å². The van der Waals surface area contributed by atoms with Crippen molar-refractivity contribution in [1.29, 1.82) is 0 Å². The van der Waals surface area contributed by atoms with E-state index in [9.17, 15) is 15.0 Å². The molecule has 0 aromatic heterocycles. The summed E-state index contributed by atoms with van der Waals surface area (Å²) in [4.78, 5) is 18.5. The van der Waals surface area contributed by atoms with E-state index in [1.807, 2.05) is 31.2 Å². The van der Waals surface area contributed by atoms with Crippen molar-refractivity contribution in [1.82, 2.24) is 0 Å². The van der Waals surface area contributed by atoms with E-state index < -0.39 is 5.97 Å². The van der Waals surface area contributed by atoms with Crippen LogP contribution in [-0.4, -0.2) is 41.2 Å². The van der Waals surface area contributed by atoms with Crippen LogP contribution in [0.4, 0.5) is 0 Å². The Morgan fingerprint density at radius 3 is 2.79 bits per heavy atom. The van der Waals surface area contributed by atoms with Crippen molar-refractivity contribution in [2.45, 2.75) is 64.1 Å². The molecule has 33 heavy (non-hydrogen) atoms. The molecule has 178 valence electrons. The highest BCUT2D eigenvalue weighted by Gasteiger charge is 2.31. The number of rotatable bonds is 4. The molecule has 1 aromatic rings. The van der Waals surface area contributed by atoms with E-state index in [2.05, 4.69) is 11.7 Å². The molecule has 3 rings (SSSR count). The van der Waals surface area contributed by atoms with Crippen LogP contribution < -0.4 is 0 Å². The fourth-order valence-electron chi connectivity index (χ4n) is 4.05. The molecule has 0 amide bonds. The molecule has 7 nitrogen and oxygen atoms in total. The minimum atomic E-state index is -0.646. The van der Waals surface area contributed by atoms with Crippen molar-refractivity contribution >= 4 is 11.7 Å². The number of nitrogens with zero attached hydrogens (tertiary/aromatic N) is 1. The van der Waals surface area contributed by atoms with Crippen LogP contribution >= 0.6 is 0 Å². The molecule has 0 spiro atoms. The summed E-state index contributed by atoms with van der Waals surface area (Å²) in [5, 5.41) is 25.7. The Hall–Kier alpha value is -3.06. The largest absolute Gasteiger partial charge is 0.507 e. The molecule has 2 N–H and O–H groups in total. The summed E-state index contributed by atoms with van der Waals surface area (Å²) in [6, 6.07) is 1.20. The highest BCUT2D eigenvalue weighted by molar-refractivity contribution is 6.01. The number of carbonyl (C=O) groups excluding carboxylic acids is 1. The number of cyclic esters (lactones) is 1. The van der Waals surface area contributed by atoms with Crippen LogP contribution in [0.2, 0.25) is 0 Å². The SMILES string of the molecule is C=CCON=C1C=CCCC=CCC(C)OC(=O)c2c(O)cc(O)c(C3CCCCO3)c2C1. The maximum Gasteiger partial charge on any atom is 0.342 e. The third-order valence-electron chi connectivity index (χ3n) is 5.62. The lowest BCUT2D eigenvalue weighted by molar-refractivity contribution is 0.0129. The predicted molar refractivity (Wildman–Crippen MR) is 127 cm³/mol. The minimum absolute atomic E-state index is 0.0229. The molecule has 1 saturated heterocycles. The van der Waals surface area contributed by atoms with Gasteiger partial charge in [-0.1, -0.05) is 36.0 Å². The van der Waals surface area contributed by atoms with Crippen LogP contribution in [0.15, 0.2) is 48.2 Å². The van der Waals surface area contributed by atoms with Crippen molar-refractivity contribution < 1.29 is 29.3 Å². The van der Waals surface area contributed by atoms with Crippen molar-refractivity contribution in [3.05, 3.63) is 59.7 Å². The summed E-state index contributed by atoms with van der Waals surface area (Å²) >= 11 is 0. The summed E-state index contributed by atoms with van der Waals surface area (Å²) in [7, 11) is 0. The Kier molecular flexibility index (Phi) is 9.13. The first kappa shape index (κ1) is 24.6. The molecule has 2 heterocycles. The average Bonchev–Trinajstić information content (AvgIpc) is 2.78. The third kappa shape index (κ3) is 6.71. The quantitative estimate of drug-likeness (QED) is 0.277. The fraction of sp³-hybridized carbons (Fsp3) is 0.462. The number of benzene rings is 1. The highest BCUT2D eigenvalue weighted by atomic mass is 16.6. The normalized spacial score (nSPS) is 23.4. The number of hydrogen-bond donors (Lipinski definition) is 2. The van der Waals surface area contributed by atoms with E-state index in [1.54, 1.807) is 6.08 Å². The van der Waals surface area contributed by atoms with E-state index >= 15 is 0 Å². The van der Waals surface area contributed by atoms with Gasteiger partial charge in [0.1, 0.15) is 29.8 Å². The smallest absolute Gasteiger partial charge is 0.342 e. The molecule has 2 aliphatic rings. The molecular formula is C26H33NO6. The van der Waals surface area contributed by atoms with Crippen molar-refractivity contribution in [3.8, 4) is 11.5 Å². The zero-order chi connectivity index (χ0) is 23.6. The van der Waals surface area contributed by atoms with Gasteiger partial charge in [-0.2, -0.15) is 0 Å². The average molecular weight is 456 g/mol. The highest BCUT2D eigenvalue weighted by Crippen LogP contribution is 2.41. The molecule has 2 aliphatic heterocycles. The molecule has 1 aromatic carbocycles. The molecule has 0 bridgehead atoms. The Morgan fingerprint density at radius 1 is 1.21 bits per heavy atom. The molecule has 7 heteroatoms. The first-order valence-electron chi connectivity index (χ1n) is 11.5. The summed E-state index contributed by atoms with van der Waals surface area (Å²) < 4.78 is 11.6. The first-order valence-corrected chi connectivity index (χ1v) is 11.5. The predicted octanol–water partition coefficient (Wildman–Crippen LogP) is 5.28. The van der Waals surface area contributed by atoms with Gasteiger partial charge in [-0.3, -0.25) is 0 Å². The van der Waals surface area contributed by atoms with Gasteiger partial charge in [0.2, 0.25) is 0 Å². The molecule has 2 unspecified atom stereocenters. The summed E-state index contributed by atoms with van der Waals surface area (Å²) in [5.41, 5.74) is 1.50. The number of esters is 1. The van der Waals surface area contributed by atoms with Gasteiger partial charge in [-0.15, -0.1) is 0 Å². The van der Waals surface area contributed by atoms with E-state index in [0.29, 0.717) is 36.3 Å². The summed E-state index contributed by atoms with van der Waals surface area (Å²) in [5.74, 6) is -1.09. The molecule has 0 radical (unpaired) electrons. The van der Waals surface area contributed by atoms with Crippen LogP contribution in [0.5, 0.6) is 11.5 Å². The van der Waals surface area contributed by atoms with Gasteiger partial charge in [-0.05, 0) is 50.7 Å². The van der Waals surface area contributed by atoms with E-state index in [0.717, 1.165) is 25.7 Å². The van der Waals surface area contributed by atoms with Crippen molar-refractivity contribution in [2.24, 2.45) is 5.16 Å². The third-order valence-corrected chi connectivity index (χ3v) is 5.62. The second kappa shape index (κ2) is 12.3. The molecular weight excluding hydrogens is 422 g/mol. The number of oxime groups is 1. The molecule has 1 fully saturated rings. The Labute approximate surface area is 195 Å².